The molecule has 0 atom stereocenters. The molecule has 2 aromatic rings. The zero-order valence-corrected chi connectivity index (χ0v) is 11.4. The third-order valence-electron chi connectivity index (χ3n) is 2.49. The van der Waals surface area contributed by atoms with E-state index >= 15 is 0 Å². The van der Waals surface area contributed by atoms with Crippen molar-refractivity contribution in [2.75, 3.05) is 6.54 Å². The summed E-state index contributed by atoms with van der Waals surface area (Å²) in [4.78, 5) is 4.52. The fourth-order valence-electron chi connectivity index (χ4n) is 1.61. The second kappa shape index (κ2) is 5.98. The van der Waals surface area contributed by atoms with Crippen LogP contribution >= 0.6 is 11.6 Å². The van der Waals surface area contributed by atoms with Gasteiger partial charge in [0, 0.05) is 18.9 Å². The van der Waals surface area contributed by atoms with Gasteiger partial charge >= 0.3 is 0 Å². The van der Waals surface area contributed by atoms with E-state index in [1.165, 1.54) is 0 Å². The van der Waals surface area contributed by atoms with Gasteiger partial charge in [-0.05, 0) is 30.7 Å². The van der Waals surface area contributed by atoms with E-state index in [1.807, 2.05) is 24.4 Å². The minimum absolute atomic E-state index is 0.609. The van der Waals surface area contributed by atoms with Crippen molar-refractivity contribution in [1.82, 2.24) is 20.1 Å². The first kappa shape index (κ1) is 13.1. The molecule has 2 heterocycles. The van der Waals surface area contributed by atoms with E-state index in [1.54, 1.807) is 10.9 Å². The Balaban J connectivity index is 2.12. The molecule has 0 aliphatic rings. The van der Waals surface area contributed by atoms with Crippen molar-refractivity contribution in [3.05, 3.63) is 41.3 Å². The number of hydrogen-bond donors (Lipinski definition) is 1. The zero-order chi connectivity index (χ0) is 13.0. The van der Waals surface area contributed by atoms with Gasteiger partial charge in [-0.25, -0.2) is 9.67 Å². The van der Waals surface area contributed by atoms with Crippen LogP contribution in [-0.2, 0) is 6.54 Å². The topological polar surface area (TPSA) is 42.7 Å². The van der Waals surface area contributed by atoms with Gasteiger partial charge in [-0.3, -0.25) is 0 Å². The number of rotatable bonds is 5. The average molecular weight is 265 g/mol. The van der Waals surface area contributed by atoms with Gasteiger partial charge < -0.3 is 5.32 Å². The normalized spacial score (nSPS) is 11.1. The maximum atomic E-state index is 6.14. The van der Waals surface area contributed by atoms with E-state index in [2.05, 4.69) is 29.2 Å². The Morgan fingerprint density at radius 3 is 2.89 bits per heavy atom. The third kappa shape index (κ3) is 3.31. The largest absolute Gasteiger partial charge is 0.311 e. The summed E-state index contributed by atoms with van der Waals surface area (Å²) < 4.78 is 1.72. The van der Waals surface area contributed by atoms with Gasteiger partial charge in [0.2, 0.25) is 0 Å². The molecule has 0 saturated heterocycles. The molecule has 0 fully saturated rings. The molecule has 0 spiro atoms. The molecule has 0 aromatic carbocycles. The highest BCUT2D eigenvalue weighted by Gasteiger charge is 2.05. The van der Waals surface area contributed by atoms with E-state index < -0.39 is 0 Å². The smallest absolute Gasteiger partial charge is 0.153 e. The van der Waals surface area contributed by atoms with E-state index in [4.69, 9.17) is 11.6 Å². The fourth-order valence-corrected chi connectivity index (χ4v) is 1.78. The van der Waals surface area contributed by atoms with Gasteiger partial charge in [-0.15, -0.1) is 0 Å². The molecule has 0 saturated carbocycles. The van der Waals surface area contributed by atoms with E-state index in [-0.39, 0.29) is 0 Å². The van der Waals surface area contributed by atoms with Gasteiger partial charge in [0.25, 0.3) is 0 Å². The van der Waals surface area contributed by atoms with Crippen LogP contribution in [0.15, 0.2) is 30.6 Å². The summed E-state index contributed by atoms with van der Waals surface area (Å²) in [5.74, 6) is 1.39. The summed E-state index contributed by atoms with van der Waals surface area (Å²) in [5, 5.41) is 8.18. The SMILES string of the molecule is CC(C)CNCc1nc(-n2cccn2)ccc1Cl. The lowest BCUT2D eigenvalue weighted by Gasteiger charge is -2.09. The summed E-state index contributed by atoms with van der Waals surface area (Å²) >= 11 is 6.14. The van der Waals surface area contributed by atoms with Gasteiger partial charge in [0.15, 0.2) is 5.82 Å². The minimum Gasteiger partial charge on any atom is -0.311 e. The Morgan fingerprint density at radius 2 is 2.22 bits per heavy atom. The molecule has 18 heavy (non-hydrogen) atoms. The standard InChI is InChI=1S/C13H17ClN4/c1-10(2)8-15-9-12-11(14)4-5-13(17-12)18-7-3-6-16-18/h3-7,10,15H,8-9H2,1-2H3. The maximum Gasteiger partial charge on any atom is 0.153 e. The van der Waals surface area contributed by atoms with Gasteiger partial charge in [0.05, 0.1) is 10.7 Å². The van der Waals surface area contributed by atoms with Crippen LogP contribution in [0.25, 0.3) is 5.82 Å². The molecule has 0 aliphatic carbocycles. The molecule has 2 rings (SSSR count). The summed E-state index contributed by atoms with van der Waals surface area (Å²) in [6, 6.07) is 5.59. The lowest BCUT2D eigenvalue weighted by Crippen LogP contribution is -2.20. The number of halogens is 1. The van der Waals surface area contributed by atoms with Crippen molar-refractivity contribution in [3.63, 3.8) is 0 Å². The second-order valence-electron chi connectivity index (χ2n) is 4.57. The van der Waals surface area contributed by atoms with Crippen LogP contribution in [0.3, 0.4) is 0 Å². The van der Waals surface area contributed by atoms with Crippen LogP contribution in [0.4, 0.5) is 0 Å². The van der Waals surface area contributed by atoms with Crippen molar-refractivity contribution in [3.8, 4) is 5.82 Å². The quantitative estimate of drug-likeness (QED) is 0.903. The van der Waals surface area contributed by atoms with Crippen LogP contribution in [0.1, 0.15) is 19.5 Å². The van der Waals surface area contributed by atoms with Crippen LogP contribution in [0.5, 0.6) is 0 Å². The fraction of sp³-hybridized carbons (Fsp3) is 0.385. The Hall–Kier alpha value is -1.39. The zero-order valence-electron chi connectivity index (χ0n) is 10.6. The molecular weight excluding hydrogens is 248 g/mol. The molecule has 0 amide bonds. The summed E-state index contributed by atoms with van der Waals surface area (Å²) in [5.41, 5.74) is 0.852. The molecule has 0 unspecified atom stereocenters. The molecule has 1 N–H and O–H groups in total. The first-order chi connectivity index (χ1) is 8.66. The van der Waals surface area contributed by atoms with Crippen LogP contribution in [-0.4, -0.2) is 21.3 Å². The summed E-state index contributed by atoms with van der Waals surface area (Å²) in [6.45, 7) is 5.96. The van der Waals surface area contributed by atoms with Crippen LogP contribution in [0, 0.1) is 5.92 Å². The number of pyridine rings is 1. The maximum absolute atomic E-state index is 6.14. The van der Waals surface area contributed by atoms with Crippen molar-refractivity contribution >= 4 is 11.6 Å². The number of nitrogens with zero attached hydrogens (tertiary/aromatic N) is 3. The Kier molecular flexibility index (Phi) is 4.33. The van der Waals surface area contributed by atoms with Crippen molar-refractivity contribution < 1.29 is 0 Å². The molecule has 4 nitrogen and oxygen atoms in total. The lowest BCUT2D eigenvalue weighted by molar-refractivity contribution is 0.548. The van der Waals surface area contributed by atoms with Crippen LogP contribution in [0.2, 0.25) is 5.02 Å². The Bertz CT molecular complexity index is 494. The third-order valence-corrected chi connectivity index (χ3v) is 2.83. The Morgan fingerprint density at radius 1 is 1.39 bits per heavy atom. The molecule has 96 valence electrons. The average Bonchev–Trinajstić information content (AvgIpc) is 2.84. The minimum atomic E-state index is 0.609. The number of nitrogens with one attached hydrogen (secondary N) is 1. The number of aromatic nitrogens is 3. The van der Waals surface area contributed by atoms with Crippen LogP contribution < -0.4 is 5.32 Å². The summed E-state index contributed by atoms with van der Waals surface area (Å²) in [6.07, 6.45) is 3.59. The first-order valence-electron chi connectivity index (χ1n) is 6.03. The van der Waals surface area contributed by atoms with E-state index in [0.717, 1.165) is 18.1 Å². The highest BCUT2D eigenvalue weighted by atomic mass is 35.5. The molecule has 2 aromatic heterocycles. The molecule has 5 heteroatoms. The van der Waals surface area contributed by atoms with Gasteiger partial charge in [0.1, 0.15) is 0 Å². The van der Waals surface area contributed by atoms with Gasteiger partial charge in [-0.1, -0.05) is 25.4 Å². The monoisotopic (exact) mass is 264 g/mol. The highest BCUT2D eigenvalue weighted by Crippen LogP contribution is 2.15. The second-order valence-corrected chi connectivity index (χ2v) is 4.98. The van der Waals surface area contributed by atoms with Crippen molar-refractivity contribution in [1.29, 1.82) is 0 Å². The first-order valence-corrected chi connectivity index (χ1v) is 6.41. The van der Waals surface area contributed by atoms with Crippen molar-refractivity contribution in [2.24, 2.45) is 5.92 Å². The molecule has 0 radical (unpaired) electrons. The molecular formula is C13H17ClN4. The predicted molar refractivity (Wildman–Crippen MR) is 72.9 cm³/mol. The molecule has 0 aliphatic heterocycles. The van der Waals surface area contributed by atoms with E-state index in [9.17, 15) is 0 Å². The Labute approximate surface area is 112 Å². The predicted octanol–water partition coefficient (Wildman–Crippen LogP) is 2.67. The highest BCUT2D eigenvalue weighted by molar-refractivity contribution is 6.31. The van der Waals surface area contributed by atoms with Crippen molar-refractivity contribution in [2.45, 2.75) is 20.4 Å². The van der Waals surface area contributed by atoms with E-state index in [0.29, 0.717) is 17.5 Å². The molecule has 0 bridgehead atoms. The van der Waals surface area contributed by atoms with Gasteiger partial charge in [-0.2, -0.15) is 5.10 Å². The summed E-state index contributed by atoms with van der Waals surface area (Å²) in [7, 11) is 0. The number of hydrogen-bond acceptors (Lipinski definition) is 3. The lowest BCUT2D eigenvalue weighted by atomic mass is 10.2.